The molecule has 0 saturated carbocycles. The fourth-order valence-corrected chi connectivity index (χ4v) is 4.11. The van der Waals surface area contributed by atoms with E-state index in [0.29, 0.717) is 17.8 Å². The molecule has 0 radical (unpaired) electrons. The van der Waals surface area contributed by atoms with Crippen LogP contribution in [0, 0.1) is 0 Å². The minimum Gasteiger partial charge on any atom is -0.497 e. The Bertz CT molecular complexity index is 495. The smallest absolute Gasteiger partial charge is 0.233 e. The summed E-state index contributed by atoms with van der Waals surface area (Å²) in [6.45, 7) is 1.99. The van der Waals surface area contributed by atoms with Crippen LogP contribution in [0.2, 0.25) is 0 Å². The van der Waals surface area contributed by atoms with Crippen LogP contribution >= 0.6 is 11.8 Å². The molecule has 1 amide bonds. The first-order chi connectivity index (χ1) is 10.3. The molecule has 2 fully saturated rings. The summed E-state index contributed by atoms with van der Waals surface area (Å²) in [5.41, 5.74) is 0. The van der Waals surface area contributed by atoms with Crippen molar-refractivity contribution >= 4 is 17.7 Å². The van der Waals surface area contributed by atoms with Crippen LogP contribution in [0.15, 0.2) is 29.2 Å². The van der Waals surface area contributed by atoms with Crippen LogP contribution in [0.25, 0.3) is 0 Å². The van der Waals surface area contributed by atoms with Crippen molar-refractivity contribution < 1.29 is 9.53 Å². The fourth-order valence-electron chi connectivity index (χ4n) is 3.30. The summed E-state index contributed by atoms with van der Waals surface area (Å²) in [6, 6.07) is 8.74. The highest BCUT2D eigenvalue weighted by Gasteiger charge is 2.37. The molecular formula is C16H22N2O2S. The van der Waals surface area contributed by atoms with Gasteiger partial charge in [-0.05, 0) is 44.0 Å². The Hall–Kier alpha value is -1.20. The molecule has 3 rings (SSSR count). The van der Waals surface area contributed by atoms with E-state index < -0.39 is 0 Å². The van der Waals surface area contributed by atoms with E-state index in [1.165, 1.54) is 6.42 Å². The number of methoxy groups -OCH3 is 1. The molecule has 2 heterocycles. The van der Waals surface area contributed by atoms with Crippen LogP contribution in [0.3, 0.4) is 0 Å². The minimum atomic E-state index is 0.277. The van der Waals surface area contributed by atoms with Crippen molar-refractivity contribution in [2.24, 2.45) is 0 Å². The molecule has 2 saturated heterocycles. The molecule has 1 aromatic rings. The second kappa shape index (κ2) is 6.71. The number of fused-ring (bicyclic) bond motifs is 2. The third-order valence-electron chi connectivity index (χ3n) is 4.35. The third kappa shape index (κ3) is 3.35. The summed E-state index contributed by atoms with van der Waals surface area (Å²) in [7, 11) is 1.66. The first kappa shape index (κ1) is 14.7. The Balaban J connectivity index is 1.61. The lowest BCUT2D eigenvalue weighted by atomic mass is 10.1. The average Bonchev–Trinajstić information content (AvgIpc) is 2.78. The van der Waals surface area contributed by atoms with E-state index in [9.17, 15) is 4.79 Å². The van der Waals surface area contributed by atoms with Gasteiger partial charge < -0.3 is 15.0 Å². The predicted molar refractivity (Wildman–Crippen MR) is 84.9 cm³/mol. The number of benzene rings is 1. The van der Waals surface area contributed by atoms with Crippen LogP contribution in [0.5, 0.6) is 5.75 Å². The first-order valence-electron chi connectivity index (χ1n) is 7.56. The summed E-state index contributed by atoms with van der Waals surface area (Å²) < 4.78 is 5.22. The van der Waals surface area contributed by atoms with Crippen molar-refractivity contribution in [1.29, 1.82) is 0 Å². The van der Waals surface area contributed by atoms with Gasteiger partial charge in [0.25, 0.3) is 0 Å². The monoisotopic (exact) mass is 306 g/mol. The number of ether oxygens (including phenoxy) is 1. The summed E-state index contributed by atoms with van der Waals surface area (Å²) in [6.07, 6.45) is 3.40. The number of nitrogens with one attached hydrogen (secondary N) is 1. The van der Waals surface area contributed by atoms with Gasteiger partial charge in [0.1, 0.15) is 5.75 Å². The minimum absolute atomic E-state index is 0.277. The zero-order valence-electron chi connectivity index (χ0n) is 12.4. The first-order valence-corrected chi connectivity index (χ1v) is 8.55. The highest BCUT2D eigenvalue weighted by molar-refractivity contribution is 8.00. The molecule has 2 aliphatic rings. The van der Waals surface area contributed by atoms with E-state index in [1.54, 1.807) is 18.9 Å². The number of carbonyl (C=O) groups excluding carboxylic acids is 1. The quantitative estimate of drug-likeness (QED) is 0.866. The van der Waals surface area contributed by atoms with Gasteiger partial charge in [-0.2, -0.15) is 0 Å². The molecule has 4 nitrogen and oxygen atoms in total. The van der Waals surface area contributed by atoms with Gasteiger partial charge in [0.15, 0.2) is 0 Å². The van der Waals surface area contributed by atoms with E-state index in [1.807, 2.05) is 24.3 Å². The Morgan fingerprint density at radius 2 is 2.24 bits per heavy atom. The maximum Gasteiger partial charge on any atom is 0.233 e. The molecule has 21 heavy (non-hydrogen) atoms. The summed E-state index contributed by atoms with van der Waals surface area (Å²) >= 11 is 1.60. The topological polar surface area (TPSA) is 41.6 Å². The molecule has 114 valence electrons. The second-order valence-corrected chi connectivity index (χ2v) is 6.70. The van der Waals surface area contributed by atoms with Gasteiger partial charge in [-0.15, -0.1) is 11.8 Å². The number of thioether (sulfide) groups is 1. The maximum atomic E-state index is 12.6. The van der Waals surface area contributed by atoms with Gasteiger partial charge in [-0.25, -0.2) is 0 Å². The molecule has 2 unspecified atom stereocenters. The van der Waals surface area contributed by atoms with Crippen LogP contribution in [-0.4, -0.2) is 48.8 Å². The van der Waals surface area contributed by atoms with Crippen molar-refractivity contribution in [3.05, 3.63) is 24.3 Å². The number of rotatable bonds is 4. The largest absolute Gasteiger partial charge is 0.497 e. The van der Waals surface area contributed by atoms with Crippen molar-refractivity contribution in [2.75, 3.05) is 26.0 Å². The fraction of sp³-hybridized carbons (Fsp3) is 0.562. The molecule has 0 aromatic heterocycles. The average molecular weight is 306 g/mol. The molecule has 2 atom stereocenters. The van der Waals surface area contributed by atoms with Gasteiger partial charge >= 0.3 is 0 Å². The van der Waals surface area contributed by atoms with E-state index in [0.717, 1.165) is 36.6 Å². The van der Waals surface area contributed by atoms with Crippen molar-refractivity contribution in [2.45, 2.75) is 36.2 Å². The van der Waals surface area contributed by atoms with Gasteiger partial charge in [0, 0.05) is 23.5 Å². The Morgan fingerprint density at radius 1 is 1.38 bits per heavy atom. The molecule has 2 bridgehead atoms. The number of amides is 1. The zero-order valence-corrected chi connectivity index (χ0v) is 13.2. The summed E-state index contributed by atoms with van der Waals surface area (Å²) in [4.78, 5) is 15.8. The van der Waals surface area contributed by atoms with Crippen molar-refractivity contribution in [3.8, 4) is 5.75 Å². The lowest BCUT2D eigenvalue weighted by molar-refractivity contribution is -0.130. The summed E-state index contributed by atoms with van der Waals surface area (Å²) in [5.74, 6) is 1.63. The highest BCUT2D eigenvalue weighted by Crippen LogP contribution is 2.30. The Labute approximate surface area is 130 Å². The van der Waals surface area contributed by atoms with E-state index in [-0.39, 0.29) is 5.91 Å². The molecule has 5 heteroatoms. The summed E-state index contributed by atoms with van der Waals surface area (Å²) in [5, 5.41) is 3.44. The van der Waals surface area contributed by atoms with Crippen LogP contribution in [-0.2, 0) is 4.79 Å². The number of nitrogens with zero attached hydrogens (tertiary/aromatic N) is 1. The van der Waals surface area contributed by atoms with Crippen molar-refractivity contribution in [1.82, 2.24) is 10.2 Å². The highest BCUT2D eigenvalue weighted by atomic mass is 32.2. The molecule has 1 N–H and O–H groups in total. The molecule has 0 spiro atoms. The standard InChI is InChI=1S/C16H22N2O2S/c1-20-14-3-2-4-15(9-14)21-11-16(19)18-12-5-6-13(18)10-17-8-7-12/h2-4,9,12-13,17H,5-8,10-11H2,1H3. The van der Waals surface area contributed by atoms with Crippen LogP contribution < -0.4 is 10.1 Å². The SMILES string of the molecule is COc1cccc(SCC(=O)N2C3CCNCC2CC3)c1. The number of carbonyl (C=O) groups is 1. The molecule has 2 aliphatic heterocycles. The van der Waals surface area contributed by atoms with Gasteiger partial charge in [0.05, 0.1) is 12.9 Å². The molecular weight excluding hydrogens is 284 g/mol. The number of hydrogen-bond acceptors (Lipinski definition) is 4. The van der Waals surface area contributed by atoms with Gasteiger partial charge in [-0.1, -0.05) is 6.07 Å². The zero-order chi connectivity index (χ0) is 14.7. The van der Waals surface area contributed by atoms with Gasteiger partial charge in [0.2, 0.25) is 5.91 Å². The molecule has 0 aliphatic carbocycles. The predicted octanol–water partition coefficient (Wildman–Crippen LogP) is 2.14. The maximum absolute atomic E-state index is 12.6. The normalized spacial score (nSPS) is 24.7. The van der Waals surface area contributed by atoms with Crippen LogP contribution in [0.1, 0.15) is 19.3 Å². The molecule has 1 aromatic carbocycles. The second-order valence-electron chi connectivity index (χ2n) is 5.65. The van der Waals surface area contributed by atoms with E-state index >= 15 is 0 Å². The van der Waals surface area contributed by atoms with Gasteiger partial charge in [-0.3, -0.25) is 4.79 Å². The van der Waals surface area contributed by atoms with E-state index in [4.69, 9.17) is 4.74 Å². The third-order valence-corrected chi connectivity index (χ3v) is 5.32. The number of hydrogen-bond donors (Lipinski definition) is 1. The lowest BCUT2D eigenvalue weighted by Crippen LogP contribution is -2.43. The van der Waals surface area contributed by atoms with Crippen molar-refractivity contribution in [3.63, 3.8) is 0 Å². The van der Waals surface area contributed by atoms with Crippen LogP contribution in [0.4, 0.5) is 0 Å². The lowest BCUT2D eigenvalue weighted by Gasteiger charge is -2.27. The Kier molecular flexibility index (Phi) is 4.70. The van der Waals surface area contributed by atoms with E-state index in [2.05, 4.69) is 10.2 Å². The Morgan fingerprint density at radius 3 is 3.10 bits per heavy atom.